The van der Waals surface area contributed by atoms with Crippen LogP contribution >= 0.6 is 0 Å². The zero-order valence-electron chi connectivity index (χ0n) is 16.5. The average molecular weight is 573 g/mol. The first-order valence-electron chi connectivity index (χ1n) is 8.70. The van der Waals surface area contributed by atoms with Gasteiger partial charge in [0, 0.05) is 0 Å². The molecule has 35 heavy (non-hydrogen) atoms. The van der Waals surface area contributed by atoms with Crippen molar-refractivity contribution in [1.82, 2.24) is 4.72 Å². The normalized spacial score (nSPS) is 34.6. The van der Waals surface area contributed by atoms with Crippen molar-refractivity contribution in [3.8, 4) is 0 Å². The molecule has 0 spiro atoms. The molecule has 2 aliphatic heterocycles. The number of aliphatic hydroxyl groups is 3. The number of aliphatic carboxylic acids is 1. The van der Waals surface area contributed by atoms with Gasteiger partial charge in [0.15, 0.2) is 22.7 Å². The van der Waals surface area contributed by atoms with E-state index in [1.165, 1.54) is 4.72 Å². The SMILES string of the molecule is O=C([O-])C1=CC(O)C(OS(=O)(=O)[O-])C(OC2C(COS(=O)(=O)[O-])OC(O)C(NS(=O)(=O)[O-])C2O)O1. The largest absolute Gasteiger partial charge is 0.735 e. The van der Waals surface area contributed by atoms with Crippen molar-refractivity contribution in [1.29, 1.82) is 0 Å². The Hall–Kier alpha value is -1.58. The molecule has 0 aromatic rings. The van der Waals surface area contributed by atoms with Crippen molar-refractivity contribution >= 4 is 37.1 Å². The minimum absolute atomic E-state index is 0.335. The van der Waals surface area contributed by atoms with Gasteiger partial charge >= 0.3 is 0 Å². The van der Waals surface area contributed by atoms with Crippen LogP contribution in [0.5, 0.6) is 0 Å². The van der Waals surface area contributed by atoms with Gasteiger partial charge in [-0.25, -0.2) is 30.0 Å². The molecular weight excluding hydrogens is 558 g/mol. The van der Waals surface area contributed by atoms with E-state index in [-0.39, 0.29) is 0 Å². The molecule has 0 aromatic heterocycles. The Balaban J connectivity index is 2.44. The maximum atomic E-state index is 11.1. The summed E-state index contributed by atoms with van der Waals surface area (Å²) in [4.78, 5) is 11.1. The van der Waals surface area contributed by atoms with E-state index in [2.05, 4.69) is 8.37 Å². The molecule has 2 heterocycles. The smallest absolute Gasteiger partial charge is 0.231 e. The number of aliphatic hydroxyl groups excluding tert-OH is 3. The summed E-state index contributed by atoms with van der Waals surface area (Å²) in [7, 11) is -16.5. The Kier molecular flexibility index (Phi) is 9.15. The summed E-state index contributed by atoms with van der Waals surface area (Å²) < 4.78 is 122. The topological polar surface area (TPSA) is 331 Å². The molecule has 2 aliphatic rings. The fourth-order valence-electron chi connectivity index (χ4n) is 2.94. The molecule has 8 unspecified atom stereocenters. The predicted octanol–water partition coefficient (Wildman–Crippen LogP) is -7.46. The van der Waals surface area contributed by atoms with Crippen LogP contribution in [0.4, 0.5) is 0 Å². The number of carbonyl (C=O) groups is 1. The number of carboxylic acid groups (broad SMARTS) is 1. The van der Waals surface area contributed by atoms with Crippen molar-refractivity contribution in [2.45, 2.75) is 49.1 Å². The standard InChI is InChI=1S/C12H19NO19S3/c14-3-1-4(10(16)17)30-12(8(3)32-35(25,26)27)31-9-5(2-28-34(22,23)24)29-11(18)6(7(9)15)13-33(19,20)21/h1,3,5-9,11-15,18H,2H2,(H,16,17)(H,19,20,21)(H,22,23,24)(H,25,26,27)/p-4. The van der Waals surface area contributed by atoms with E-state index >= 15 is 0 Å². The Bertz CT molecular complexity index is 1130. The van der Waals surface area contributed by atoms with Crippen LogP contribution in [0.15, 0.2) is 11.8 Å². The molecule has 0 aliphatic carbocycles. The van der Waals surface area contributed by atoms with Gasteiger partial charge in [-0.3, -0.25) is 8.37 Å². The van der Waals surface area contributed by atoms with Gasteiger partial charge < -0.3 is 53.1 Å². The van der Waals surface area contributed by atoms with Gasteiger partial charge in [-0.05, 0) is 6.08 Å². The lowest BCUT2D eigenvalue weighted by Crippen LogP contribution is -2.66. The second-order valence-electron chi connectivity index (χ2n) is 6.71. The van der Waals surface area contributed by atoms with Crippen LogP contribution in [0.25, 0.3) is 0 Å². The van der Waals surface area contributed by atoms with Gasteiger partial charge in [-0.15, -0.1) is 0 Å². The lowest BCUT2D eigenvalue weighted by atomic mass is 9.97. The van der Waals surface area contributed by atoms with E-state index in [0.29, 0.717) is 6.08 Å². The van der Waals surface area contributed by atoms with Gasteiger partial charge in [0.25, 0.3) is 0 Å². The van der Waals surface area contributed by atoms with Gasteiger partial charge in [-0.2, -0.15) is 0 Å². The average Bonchev–Trinajstić information content (AvgIpc) is 2.65. The molecule has 0 radical (unpaired) electrons. The number of hydrogen-bond acceptors (Lipinski definition) is 19. The van der Waals surface area contributed by atoms with E-state index in [4.69, 9.17) is 14.2 Å². The molecular formula is C12H15NO19S3-4. The molecule has 204 valence electrons. The Morgan fingerprint density at radius 3 is 2.11 bits per heavy atom. The fourth-order valence-corrected chi connectivity index (χ4v) is 4.31. The summed E-state index contributed by atoms with van der Waals surface area (Å²) in [5.41, 5.74) is 0. The minimum atomic E-state index is -5.64. The molecule has 8 atom stereocenters. The van der Waals surface area contributed by atoms with E-state index in [1.54, 1.807) is 0 Å². The second-order valence-corrected chi connectivity index (χ2v) is 9.92. The molecule has 0 bridgehead atoms. The first-order valence-corrected chi connectivity index (χ1v) is 12.8. The van der Waals surface area contributed by atoms with E-state index in [1.807, 2.05) is 0 Å². The van der Waals surface area contributed by atoms with E-state index in [0.717, 1.165) is 0 Å². The van der Waals surface area contributed by atoms with Crippen molar-refractivity contribution < 1.29 is 86.7 Å². The summed E-state index contributed by atoms with van der Waals surface area (Å²) in [6, 6.07) is -2.25. The summed E-state index contributed by atoms with van der Waals surface area (Å²) in [6.45, 7) is -1.36. The van der Waals surface area contributed by atoms with Crippen LogP contribution in [-0.2, 0) is 58.5 Å². The maximum absolute atomic E-state index is 11.1. The van der Waals surface area contributed by atoms with Gasteiger partial charge in [0.2, 0.25) is 27.1 Å². The van der Waals surface area contributed by atoms with Crippen LogP contribution < -0.4 is 9.83 Å². The van der Waals surface area contributed by atoms with Crippen molar-refractivity contribution in [2.75, 3.05) is 6.61 Å². The molecule has 1 fully saturated rings. The van der Waals surface area contributed by atoms with Crippen LogP contribution in [0.3, 0.4) is 0 Å². The number of carbonyl (C=O) groups excluding carboxylic acids is 1. The number of ether oxygens (including phenoxy) is 3. The van der Waals surface area contributed by atoms with Crippen molar-refractivity contribution in [3.63, 3.8) is 0 Å². The predicted molar refractivity (Wildman–Crippen MR) is 92.6 cm³/mol. The number of nitrogens with one attached hydrogen (secondary N) is 1. The molecule has 20 nitrogen and oxygen atoms in total. The van der Waals surface area contributed by atoms with Crippen molar-refractivity contribution in [2.24, 2.45) is 0 Å². The summed E-state index contributed by atoms with van der Waals surface area (Å²) in [5, 5.41) is 41.4. The molecule has 0 saturated carbocycles. The quantitative estimate of drug-likeness (QED) is 0.139. The van der Waals surface area contributed by atoms with Crippen LogP contribution in [-0.4, -0.2) is 116 Å². The maximum Gasteiger partial charge on any atom is 0.231 e. The first kappa shape index (κ1) is 29.6. The lowest BCUT2D eigenvalue weighted by molar-refractivity contribution is -0.320. The van der Waals surface area contributed by atoms with Crippen LogP contribution in [0.2, 0.25) is 0 Å². The van der Waals surface area contributed by atoms with Gasteiger partial charge in [-0.1, -0.05) is 0 Å². The van der Waals surface area contributed by atoms with Gasteiger partial charge in [0.05, 0.1) is 6.61 Å². The van der Waals surface area contributed by atoms with Crippen LogP contribution in [0, 0.1) is 0 Å². The molecule has 4 N–H and O–H groups in total. The summed E-state index contributed by atoms with van der Waals surface area (Å²) >= 11 is 0. The third-order valence-electron chi connectivity index (χ3n) is 4.24. The Labute approximate surface area is 196 Å². The van der Waals surface area contributed by atoms with E-state index < -0.39 is 98.6 Å². The highest BCUT2D eigenvalue weighted by Gasteiger charge is 2.50. The Morgan fingerprint density at radius 2 is 1.63 bits per heavy atom. The number of hydrogen-bond donors (Lipinski definition) is 4. The molecule has 2 rings (SSSR count). The lowest BCUT2D eigenvalue weighted by Gasteiger charge is -2.45. The third-order valence-corrected chi connectivity index (χ3v) is 5.68. The van der Waals surface area contributed by atoms with Gasteiger partial charge in [0.1, 0.15) is 42.2 Å². The molecule has 23 heteroatoms. The highest BCUT2D eigenvalue weighted by molar-refractivity contribution is 7.83. The molecule has 0 aromatic carbocycles. The van der Waals surface area contributed by atoms with Crippen LogP contribution in [0.1, 0.15) is 0 Å². The fraction of sp³-hybridized carbons (Fsp3) is 0.750. The monoisotopic (exact) mass is 573 g/mol. The Morgan fingerprint density at radius 1 is 1.03 bits per heavy atom. The van der Waals surface area contributed by atoms with Crippen molar-refractivity contribution in [3.05, 3.63) is 11.8 Å². The number of rotatable bonds is 10. The highest BCUT2D eigenvalue weighted by atomic mass is 32.3. The zero-order valence-corrected chi connectivity index (χ0v) is 19.0. The number of carboxylic acids is 1. The third kappa shape index (κ3) is 8.79. The summed E-state index contributed by atoms with van der Waals surface area (Å²) in [6.07, 6.45) is -15.9. The molecule has 1 saturated heterocycles. The summed E-state index contributed by atoms with van der Waals surface area (Å²) in [5.74, 6) is -3.31. The zero-order chi connectivity index (χ0) is 26.9. The minimum Gasteiger partial charge on any atom is -0.735 e. The highest BCUT2D eigenvalue weighted by Crippen LogP contribution is 2.30. The first-order chi connectivity index (χ1) is 15.8. The second kappa shape index (κ2) is 10.8. The molecule has 0 amide bonds. The van der Waals surface area contributed by atoms with E-state index in [9.17, 15) is 64.1 Å².